The van der Waals surface area contributed by atoms with Gasteiger partial charge in [0, 0.05) is 12.1 Å². The van der Waals surface area contributed by atoms with Crippen LogP contribution < -0.4 is 5.32 Å². The highest BCUT2D eigenvalue weighted by atomic mass is 16.2. The molecule has 146 valence electrons. The van der Waals surface area contributed by atoms with Gasteiger partial charge >= 0.3 is 0 Å². The number of rotatable bonds is 7. The molecule has 2 atom stereocenters. The molecule has 0 saturated carbocycles. The van der Waals surface area contributed by atoms with Crippen LogP contribution in [0.15, 0.2) is 60.7 Å². The number of hydrogen-bond acceptors (Lipinski definition) is 3. The first-order valence-corrected chi connectivity index (χ1v) is 10.2. The van der Waals surface area contributed by atoms with Crippen molar-refractivity contribution in [2.75, 3.05) is 26.2 Å². The number of β-lactam (4-membered cyclic amide) rings is 1. The Balaban J connectivity index is 1.43. The topological polar surface area (TPSA) is 52.7 Å². The van der Waals surface area contributed by atoms with Crippen molar-refractivity contribution in [1.29, 1.82) is 0 Å². The quantitative estimate of drug-likeness (QED) is 0.755. The predicted octanol–water partition coefficient (Wildman–Crippen LogP) is 2.85. The van der Waals surface area contributed by atoms with Gasteiger partial charge in [0.15, 0.2) is 0 Å². The normalized spacial score (nSPS) is 22.1. The highest BCUT2D eigenvalue weighted by Crippen LogP contribution is 2.35. The Morgan fingerprint density at radius 1 is 0.929 bits per heavy atom. The van der Waals surface area contributed by atoms with Gasteiger partial charge in [-0.1, -0.05) is 48.5 Å². The minimum atomic E-state index is -0.498. The van der Waals surface area contributed by atoms with Crippen molar-refractivity contribution in [3.63, 3.8) is 0 Å². The SMILES string of the molecule is O=C(N[C@@H]1C(=O)N(CCCN2CCCC2)[C@@H]1c1ccccc1)c1ccccc1. The third-order valence-corrected chi connectivity index (χ3v) is 5.74. The summed E-state index contributed by atoms with van der Waals surface area (Å²) in [5.74, 6) is -0.184. The molecular formula is C23H27N3O2. The smallest absolute Gasteiger partial charge is 0.251 e. The standard InChI is InChI=1S/C23H27N3O2/c27-22(19-12-5-2-6-13-19)24-20-21(18-10-3-1-4-11-18)26(23(20)28)17-9-16-25-14-7-8-15-25/h1-6,10-13,20-21H,7-9,14-17H2,(H,24,27)/t20-,21+/m0/s1. The lowest BCUT2D eigenvalue weighted by Crippen LogP contribution is -2.65. The van der Waals surface area contributed by atoms with Crippen LogP contribution >= 0.6 is 0 Å². The van der Waals surface area contributed by atoms with E-state index in [1.165, 1.54) is 25.9 Å². The summed E-state index contributed by atoms with van der Waals surface area (Å²) in [5.41, 5.74) is 1.65. The van der Waals surface area contributed by atoms with E-state index < -0.39 is 6.04 Å². The predicted molar refractivity (Wildman–Crippen MR) is 109 cm³/mol. The first-order chi connectivity index (χ1) is 13.7. The van der Waals surface area contributed by atoms with E-state index in [4.69, 9.17) is 0 Å². The minimum Gasteiger partial charge on any atom is -0.338 e. The molecule has 0 unspecified atom stereocenters. The second-order valence-corrected chi connectivity index (χ2v) is 7.61. The molecule has 0 radical (unpaired) electrons. The van der Waals surface area contributed by atoms with E-state index in [1.54, 1.807) is 12.1 Å². The molecular weight excluding hydrogens is 350 g/mol. The fraction of sp³-hybridized carbons (Fsp3) is 0.391. The molecule has 0 spiro atoms. The van der Waals surface area contributed by atoms with Crippen molar-refractivity contribution >= 4 is 11.8 Å². The molecule has 0 aromatic heterocycles. The van der Waals surface area contributed by atoms with Crippen LogP contribution in [0.25, 0.3) is 0 Å². The lowest BCUT2D eigenvalue weighted by atomic mass is 9.88. The molecule has 2 saturated heterocycles. The van der Waals surface area contributed by atoms with Gasteiger partial charge < -0.3 is 15.1 Å². The Morgan fingerprint density at radius 2 is 1.57 bits per heavy atom. The number of benzene rings is 2. The Labute approximate surface area is 166 Å². The van der Waals surface area contributed by atoms with Gasteiger partial charge in [-0.05, 0) is 56.6 Å². The summed E-state index contributed by atoms with van der Waals surface area (Å²) in [4.78, 5) is 29.8. The van der Waals surface area contributed by atoms with Crippen LogP contribution in [0.4, 0.5) is 0 Å². The summed E-state index contributed by atoms with van der Waals surface area (Å²) < 4.78 is 0. The van der Waals surface area contributed by atoms with Crippen LogP contribution in [0.2, 0.25) is 0 Å². The minimum absolute atomic E-state index is 0.0135. The Kier molecular flexibility index (Phi) is 5.72. The Hall–Kier alpha value is -2.66. The maximum absolute atomic E-state index is 12.8. The number of hydrogen-bond donors (Lipinski definition) is 1. The van der Waals surface area contributed by atoms with Gasteiger partial charge in [-0.25, -0.2) is 0 Å². The zero-order valence-electron chi connectivity index (χ0n) is 16.1. The molecule has 2 fully saturated rings. The van der Waals surface area contributed by atoms with Gasteiger partial charge in [0.05, 0.1) is 6.04 Å². The largest absolute Gasteiger partial charge is 0.338 e. The van der Waals surface area contributed by atoms with Crippen molar-refractivity contribution in [3.8, 4) is 0 Å². The molecule has 4 rings (SSSR count). The van der Waals surface area contributed by atoms with Crippen molar-refractivity contribution in [1.82, 2.24) is 15.1 Å². The second-order valence-electron chi connectivity index (χ2n) is 7.61. The zero-order valence-corrected chi connectivity index (χ0v) is 16.1. The van der Waals surface area contributed by atoms with Crippen LogP contribution in [0.3, 0.4) is 0 Å². The maximum atomic E-state index is 12.8. The second kappa shape index (κ2) is 8.57. The van der Waals surface area contributed by atoms with Gasteiger partial charge in [0.1, 0.15) is 6.04 Å². The number of nitrogens with zero attached hydrogens (tertiary/aromatic N) is 2. The summed E-state index contributed by atoms with van der Waals surface area (Å²) >= 11 is 0. The van der Waals surface area contributed by atoms with Crippen LogP contribution in [0.5, 0.6) is 0 Å². The lowest BCUT2D eigenvalue weighted by molar-refractivity contribution is -0.151. The number of nitrogens with one attached hydrogen (secondary N) is 1. The molecule has 2 heterocycles. The fourth-order valence-corrected chi connectivity index (χ4v) is 4.25. The number of amides is 2. The molecule has 2 aromatic rings. The molecule has 2 amide bonds. The third-order valence-electron chi connectivity index (χ3n) is 5.74. The van der Waals surface area contributed by atoms with Crippen molar-refractivity contribution in [3.05, 3.63) is 71.8 Å². The summed E-state index contributed by atoms with van der Waals surface area (Å²) in [7, 11) is 0. The first-order valence-electron chi connectivity index (χ1n) is 10.2. The highest BCUT2D eigenvalue weighted by Gasteiger charge is 2.48. The van der Waals surface area contributed by atoms with Crippen LogP contribution in [0, 0.1) is 0 Å². The average molecular weight is 377 g/mol. The number of carbonyl (C=O) groups excluding carboxylic acids is 2. The molecule has 5 nitrogen and oxygen atoms in total. The zero-order chi connectivity index (χ0) is 19.3. The van der Waals surface area contributed by atoms with E-state index in [1.807, 2.05) is 53.4 Å². The Morgan fingerprint density at radius 3 is 2.25 bits per heavy atom. The summed E-state index contributed by atoms with van der Waals surface area (Å²) in [6.07, 6.45) is 3.53. The van der Waals surface area contributed by atoms with Gasteiger partial charge in [-0.15, -0.1) is 0 Å². The summed E-state index contributed by atoms with van der Waals surface area (Å²) in [5, 5.41) is 2.95. The fourth-order valence-electron chi connectivity index (χ4n) is 4.25. The van der Waals surface area contributed by atoms with E-state index in [9.17, 15) is 9.59 Å². The van der Waals surface area contributed by atoms with Crippen LogP contribution in [-0.2, 0) is 4.79 Å². The van der Waals surface area contributed by atoms with Crippen LogP contribution in [0.1, 0.15) is 41.2 Å². The molecule has 2 aliphatic heterocycles. The summed E-state index contributed by atoms with van der Waals surface area (Å²) in [6, 6.07) is 18.5. The van der Waals surface area contributed by atoms with E-state index in [0.717, 1.165) is 25.1 Å². The molecule has 0 aliphatic carbocycles. The van der Waals surface area contributed by atoms with Crippen molar-refractivity contribution < 1.29 is 9.59 Å². The van der Waals surface area contributed by atoms with Crippen LogP contribution in [-0.4, -0.2) is 53.8 Å². The average Bonchev–Trinajstić information content (AvgIpc) is 3.26. The van der Waals surface area contributed by atoms with Gasteiger partial charge in [-0.3, -0.25) is 9.59 Å². The molecule has 2 aromatic carbocycles. The summed E-state index contributed by atoms with van der Waals surface area (Å²) in [6.45, 7) is 4.11. The van der Waals surface area contributed by atoms with E-state index in [-0.39, 0.29) is 17.9 Å². The first kappa shape index (κ1) is 18.7. The van der Waals surface area contributed by atoms with Crippen molar-refractivity contribution in [2.24, 2.45) is 0 Å². The molecule has 2 aliphatic rings. The van der Waals surface area contributed by atoms with E-state index in [0.29, 0.717) is 5.56 Å². The van der Waals surface area contributed by atoms with E-state index in [2.05, 4.69) is 10.2 Å². The molecule has 1 N–H and O–H groups in total. The molecule has 5 heteroatoms. The van der Waals surface area contributed by atoms with Gasteiger partial charge in [0.25, 0.3) is 5.91 Å². The molecule has 28 heavy (non-hydrogen) atoms. The lowest BCUT2D eigenvalue weighted by Gasteiger charge is -2.47. The van der Waals surface area contributed by atoms with Gasteiger partial charge in [0.2, 0.25) is 5.91 Å². The number of carbonyl (C=O) groups is 2. The Bertz CT molecular complexity index is 803. The van der Waals surface area contributed by atoms with E-state index >= 15 is 0 Å². The highest BCUT2D eigenvalue weighted by molar-refractivity contribution is 6.00. The number of likely N-dealkylation sites (tertiary alicyclic amines) is 2. The molecule has 0 bridgehead atoms. The third kappa shape index (κ3) is 3.94. The van der Waals surface area contributed by atoms with Crippen molar-refractivity contribution in [2.45, 2.75) is 31.3 Å². The van der Waals surface area contributed by atoms with Gasteiger partial charge in [-0.2, -0.15) is 0 Å². The maximum Gasteiger partial charge on any atom is 0.251 e. The monoisotopic (exact) mass is 377 g/mol.